The molecular formula is C12H15N3O4. The molecule has 0 amide bonds. The molecule has 0 saturated heterocycles. The van der Waals surface area contributed by atoms with Crippen molar-refractivity contribution < 1.29 is 20.1 Å². The lowest BCUT2D eigenvalue weighted by Gasteiger charge is -2.19. The lowest BCUT2D eigenvalue weighted by Crippen LogP contribution is -2.20. The predicted molar refractivity (Wildman–Crippen MR) is 67.7 cm³/mol. The highest BCUT2D eigenvalue weighted by Crippen LogP contribution is 2.23. The normalized spacial score (nSPS) is 13.4. The minimum Gasteiger partial charge on any atom is -0.478 e. The van der Waals surface area contributed by atoms with Crippen LogP contribution in [0.5, 0.6) is 0 Å². The number of nitrogens with zero attached hydrogens (tertiary/aromatic N) is 3. The fraction of sp³-hybridized carbons (Fsp3) is 0.417. The number of carboxylic acids is 1. The van der Waals surface area contributed by atoms with E-state index in [9.17, 15) is 15.0 Å². The van der Waals surface area contributed by atoms with Crippen LogP contribution in [0.15, 0.2) is 23.3 Å². The van der Waals surface area contributed by atoms with Crippen LogP contribution < -0.4 is 0 Å². The third-order valence-corrected chi connectivity index (χ3v) is 2.79. The molecule has 19 heavy (non-hydrogen) atoms. The first-order valence-electron chi connectivity index (χ1n) is 5.68. The molecule has 2 unspecified atom stereocenters. The van der Waals surface area contributed by atoms with Gasteiger partial charge in [-0.3, -0.25) is 0 Å². The van der Waals surface area contributed by atoms with Crippen molar-refractivity contribution in [2.45, 2.75) is 25.6 Å². The van der Waals surface area contributed by atoms with Gasteiger partial charge in [-0.2, -0.15) is 0 Å². The van der Waals surface area contributed by atoms with Gasteiger partial charge >= 0.3 is 5.97 Å². The molecule has 1 rings (SSSR count). The Labute approximate surface area is 109 Å². The summed E-state index contributed by atoms with van der Waals surface area (Å²) < 4.78 is 0. The van der Waals surface area contributed by atoms with E-state index < -0.39 is 18.2 Å². The van der Waals surface area contributed by atoms with Gasteiger partial charge in [0.2, 0.25) is 0 Å². The number of carbonyl (C=O) groups is 1. The van der Waals surface area contributed by atoms with Gasteiger partial charge in [-0.25, -0.2) is 4.79 Å². The van der Waals surface area contributed by atoms with E-state index in [2.05, 4.69) is 10.0 Å². The Morgan fingerprint density at radius 1 is 1.47 bits per heavy atom. The molecule has 0 saturated carbocycles. The van der Waals surface area contributed by atoms with Crippen molar-refractivity contribution in [2.24, 2.45) is 5.11 Å². The molecular weight excluding hydrogens is 250 g/mol. The van der Waals surface area contributed by atoms with Gasteiger partial charge in [0, 0.05) is 11.5 Å². The summed E-state index contributed by atoms with van der Waals surface area (Å²) in [7, 11) is 0. The van der Waals surface area contributed by atoms with Crippen molar-refractivity contribution in [1.29, 1.82) is 0 Å². The maximum Gasteiger partial charge on any atom is 0.335 e. The zero-order valence-electron chi connectivity index (χ0n) is 10.4. The van der Waals surface area contributed by atoms with E-state index in [1.165, 1.54) is 18.2 Å². The molecule has 1 aromatic rings. The third-order valence-electron chi connectivity index (χ3n) is 2.79. The summed E-state index contributed by atoms with van der Waals surface area (Å²) in [4.78, 5) is 13.3. The molecule has 3 N–H and O–H groups in total. The van der Waals surface area contributed by atoms with Crippen molar-refractivity contribution in [3.8, 4) is 0 Å². The summed E-state index contributed by atoms with van der Waals surface area (Å²) >= 11 is 0. The first kappa shape index (κ1) is 15.0. The highest BCUT2D eigenvalue weighted by atomic mass is 16.4. The summed E-state index contributed by atoms with van der Waals surface area (Å²) in [5.41, 5.74) is 9.28. The number of hydrogen-bond acceptors (Lipinski definition) is 4. The van der Waals surface area contributed by atoms with E-state index >= 15 is 0 Å². The number of aliphatic hydroxyl groups excluding tert-OH is 2. The summed E-state index contributed by atoms with van der Waals surface area (Å²) in [6.07, 6.45) is -2.08. The van der Waals surface area contributed by atoms with Crippen LogP contribution in [0.1, 0.15) is 34.0 Å². The zero-order chi connectivity index (χ0) is 14.4. The molecule has 0 spiro atoms. The van der Waals surface area contributed by atoms with Crippen LogP contribution in [0.2, 0.25) is 0 Å². The second kappa shape index (κ2) is 6.75. The van der Waals surface area contributed by atoms with Crippen molar-refractivity contribution >= 4 is 5.97 Å². The Hall–Kier alpha value is -2.08. The first-order valence-corrected chi connectivity index (χ1v) is 5.68. The predicted octanol–water partition coefficient (Wildman–Crippen LogP) is 1.79. The van der Waals surface area contributed by atoms with Crippen LogP contribution >= 0.6 is 0 Å². The van der Waals surface area contributed by atoms with E-state index in [-0.39, 0.29) is 18.5 Å². The molecule has 7 nitrogen and oxygen atoms in total. The van der Waals surface area contributed by atoms with E-state index in [1.807, 2.05) is 0 Å². The van der Waals surface area contributed by atoms with Gasteiger partial charge in [0.05, 0.1) is 11.7 Å². The van der Waals surface area contributed by atoms with Gasteiger partial charge in [0.25, 0.3) is 0 Å². The molecule has 0 aliphatic rings. The molecule has 0 aromatic heterocycles. The van der Waals surface area contributed by atoms with Gasteiger partial charge in [-0.1, -0.05) is 11.2 Å². The minimum absolute atomic E-state index is 0.0843. The topological polar surface area (TPSA) is 127 Å². The molecule has 0 heterocycles. The van der Waals surface area contributed by atoms with Gasteiger partial charge in [0.15, 0.2) is 0 Å². The van der Waals surface area contributed by atoms with E-state index in [4.69, 9.17) is 10.6 Å². The minimum atomic E-state index is -1.14. The average molecular weight is 265 g/mol. The highest BCUT2D eigenvalue weighted by Gasteiger charge is 2.20. The first-order chi connectivity index (χ1) is 8.97. The Morgan fingerprint density at radius 2 is 2.16 bits per heavy atom. The molecule has 7 heteroatoms. The Bertz CT molecular complexity index is 512. The SMILES string of the molecule is Cc1cc(C(=O)O)ccc1C(O)C(O)CCN=[N+]=[N-]. The largest absolute Gasteiger partial charge is 0.478 e. The quantitative estimate of drug-likeness (QED) is 0.411. The highest BCUT2D eigenvalue weighted by molar-refractivity contribution is 5.87. The van der Waals surface area contributed by atoms with Crippen LogP contribution in [-0.4, -0.2) is 33.9 Å². The van der Waals surface area contributed by atoms with Gasteiger partial charge in [-0.05, 0) is 42.1 Å². The number of aryl methyl sites for hydroxylation is 1. The number of benzene rings is 1. The fourth-order valence-corrected chi connectivity index (χ4v) is 1.74. The summed E-state index contributed by atoms with van der Waals surface area (Å²) in [5.74, 6) is -1.05. The zero-order valence-corrected chi connectivity index (χ0v) is 10.4. The number of aliphatic hydroxyl groups is 2. The summed E-state index contributed by atoms with van der Waals surface area (Å²) in [5, 5.41) is 31.8. The lowest BCUT2D eigenvalue weighted by atomic mass is 9.96. The van der Waals surface area contributed by atoms with E-state index in [1.54, 1.807) is 6.92 Å². The molecule has 102 valence electrons. The van der Waals surface area contributed by atoms with Gasteiger partial charge in [-0.15, -0.1) is 0 Å². The molecule has 0 fully saturated rings. The smallest absolute Gasteiger partial charge is 0.335 e. The van der Waals surface area contributed by atoms with Crippen molar-refractivity contribution in [3.63, 3.8) is 0 Å². The van der Waals surface area contributed by atoms with Crippen LogP contribution in [0.4, 0.5) is 0 Å². The van der Waals surface area contributed by atoms with Crippen LogP contribution in [-0.2, 0) is 0 Å². The van der Waals surface area contributed by atoms with E-state index in [0.29, 0.717) is 11.1 Å². The molecule has 1 aromatic carbocycles. The molecule has 0 aliphatic heterocycles. The van der Waals surface area contributed by atoms with E-state index in [0.717, 1.165) is 0 Å². The van der Waals surface area contributed by atoms with Gasteiger partial charge in [0.1, 0.15) is 6.10 Å². The van der Waals surface area contributed by atoms with Crippen molar-refractivity contribution in [2.75, 3.05) is 6.54 Å². The number of azide groups is 1. The third kappa shape index (κ3) is 3.96. The number of hydrogen-bond donors (Lipinski definition) is 3. The van der Waals surface area contributed by atoms with Crippen LogP contribution in [0.3, 0.4) is 0 Å². The maximum atomic E-state index is 10.8. The monoisotopic (exact) mass is 265 g/mol. The average Bonchev–Trinajstić information content (AvgIpc) is 2.37. The van der Waals surface area contributed by atoms with Gasteiger partial charge < -0.3 is 15.3 Å². The number of carboxylic acid groups (broad SMARTS) is 1. The number of aromatic carboxylic acids is 1. The number of rotatable bonds is 6. The summed E-state index contributed by atoms with van der Waals surface area (Å²) in [6, 6.07) is 4.27. The Kier molecular flexibility index (Phi) is 5.32. The fourth-order valence-electron chi connectivity index (χ4n) is 1.74. The molecule has 0 bridgehead atoms. The molecule has 0 aliphatic carbocycles. The molecule has 0 radical (unpaired) electrons. The van der Waals surface area contributed by atoms with Crippen LogP contribution in [0, 0.1) is 6.92 Å². The summed E-state index contributed by atoms with van der Waals surface area (Å²) in [6.45, 7) is 1.74. The Morgan fingerprint density at radius 3 is 2.68 bits per heavy atom. The maximum absolute atomic E-state index is 10.8. The Balaban J connectivity index is 2.84. The lowest BCUT2D eigenvalue weighted by molar-refractivity contribution is 0.0146. The standard InChI is InChI=1S/C12H15N3O4/c1-7-6-8(12(18)19)2-3-9(7)11(17)10(16)4-5-14-15-13/h2-3,6,10-11,16-17H,4-5H2,1H3,(H,18,19). The van der Waals surface area contributed by atoms with Crippen molar-refractivity contribution in [1.82, 2.24) is 0 Å². The van der Waals surface area contributed by atoms with Crippen LogP contribution in [0.25, 0.3) is 10.4 Å². The van der Waals surface area contributed by atoms with Crippen molar-refractivity contribution in [3.05, 3.63) is 45.3 Å². The second-order valence-electron chi connectivity index (χ2n) is 4.13. The molecule has 2 atom stereocenters. The second-order valence-corrected chi connectivity index (χ2v) is 4.13.